The molecular formula is C12H17BrN4S. The summed E-state index contributed by atoms with van der Waals surface area (Å²) in [7, 11) is 0. The minimum atomic E-state index is 0.177. The van der Waals surface area contributed by atoms with Crippen molar-refractivity contribution < 1.29 is 0 Å². The molecule has 0 aromatic carbocycles. The number of rotatable bonds is 6. The van der Waals surface area contributed by atoms with E-state index in [0.29, 0.717) is 0 Å². The molecule has 0 aliphatic heterocycles. The average molecular weight is 329 g/mol. The van der Waals surface area contributed by atoms with Crippen LogP contribution in [0.1, 0.15) is 36.9 Å². The number of hydrogen-bond donors (Lipinski definition) is 1. The zero-order valence-corrected chi connectivity index (χ0v) is 13.0. The van der Waals surface area contributed by atoms with Gasteiger partial charge in [-0.05, 0) is 48.0 Å². The Balaban J connectivity index is 2.30. The minimum absolute atomic E-state index is 0.177. The maximum atomic E-state index is 4.12. The van der Waals surface area contributed by atoms with Gasteiger partial charge in [-0.3, -0.25) is 0 Å². The summed E-state index contributed by atoms with van der Waals surface area (Å²) in [6, 6.07) is 4.41. The van der Waals surface area contributed by atoms with E-state index in [1.807, 2.05) is 10.9 Å². The molecule has 0 aliphatic carbocycles. The molecule has 98 valence electrons. The topological polar surface area (TPSA) is 42.7 Å². The minimum Gasteiger partial charge on any atom is -0.304 e. The Morgan fingerprint density at radius 2 is 2.28 bits per heavy atom. The quantitative estimate of drug-likeness (QED) is 0.885. The van der Waals surface area contributed by atoms with E-state index < -0.39 is 0 Å². The molecule has 1 atom stereocenters. The first-order valence-corrected chi connectivity index (χ1v) is 7.74. The van der Waals surface area contributed by atoms with Gasteiger partial charge in [0.2, 0.25) is 0 Å². The van der Waals surface area contributed by atoms with Crippen LogP contribution in [-0.4, -0.2) is 21.5 Å². The highest BCUT2D eigenvalue weighted by Crippen LogP contribution is 2.30. The second-order valence-electron chi connectivity index (χ2n) is 4.00. The molecular weight excluding hydrogens is 312 g/mol. The molecule has 2 heterocycles. The highest BCUT2D eigenvalue weighted by atomic mass is 79.9. The number of halogens is 1. The first kappa shape index (κ1) is 13.7. The molecule has 4 nitrogen and oxygen atoms in total. The normalized spacial score (nSPS) is 12.8. The molecule has 1 unspecified atom stereocenters. The summed E-state index contributed by atoms with van der Waals surface area (Å²) < 4.78 is 3.09. The first-order valence-electron chi connectivity index (χ1n) is 6.13. The second kappa shape index (κ2) is 6.45. The summed E-state index contributed by atoms with van der Waals surface area (Å²) in [4.78, 5) is 1.28. The first-order chi connectivity index (χ1) is 8.76. The zero-order valence-electron chi connectivity index (χ0n) is 10.6. The van der Waals surface area contributed by atoms with E-state index in [1.54, 1.807) is 11.3 Å². The Hall–Kier alpha value is -0.720. The van der Waals surface area contributed by atoms with Gasteiger partial charge in [0.1, 0.15) is 0 Å². The molecule has 0 aliphatic rings. The van der Waals surface area contributed by atoms with Crippen LogP contribution in [0.2, 0.25) is 0 Å². The summed E-state index contributed by atoms with van der Waals surface area (Å²) in [5.41, 5.74) is 1.13. The van der Waals surface area contributed by atoms with E-state index in [0.717, 1.165) is 29.0 Å². The number of thiophene rings is 1. The van der Waals surface area contributed by atoms with Gasteiger partial charge in [0.05, 0.1) is 21.7 Å². The summed E-state index contributed by atoms with van der Waals surface area (Å²) in [5.74, 6) is 0. The third-order valence-corrected chi connectivity index (χ3v) is 4.41. The fourth-order valence-corrected chi connectivity index (χ4v) is 3.37. The Labute approximate surface area is 120 Å². The van der Waals surface area contributed by atoms with Gasteiger partial charge in [0, 0.05) is 11.4 Å². The third kappa shape index (κ3) is 2.99. The van der Waals surface area contributed by atoms with E-state index in [-0.39, 0.29) is 6.04 Å². The smallest absolute Gasteiger partial charge is 0.0858 e. The number of hydrogen-bond acceptors (Lipinski definition) is 4. The van der Waals surface area contributed by atoms with Crippen molar-refractivity contribution in [1.29, 1.82) is 0 Å². The zero-order chi connectivity index (χ0) is 13.0. The van der Waals surface area contributed by atoms with Crippen LogP contribution < -0.4 is 5.32 Å². The number of nitrogens with one attached hydrogen (secondary N) is 1. The van der Waals surface area contributed by atoms with Crippen LogP contribution in [0, 0.1) is 0 Å². The summed E-state index contributed by atoms with van der Waals surface area (Å²) >= 11 is 5.27. The van der Waals surface area contributed by atoms with Crippen molar-refractivity contribution in [2.24, 2.45) is 0 Å². The van der Waals surface area contributed by atoms with Crippen LogP contribution in [-0.2, 0) is 6.54 Å². The molecule has 0 saturated carbocycles. The molecule has 0 radical (unpaired) electrons. The molecule has 0 fully saturated rings. The fourth-order valence-electron chi connectivity index (χ4n) is 1.86. The summed E-state index contributed by atoms with van der Waals surface area (Å²) in [6.45, 7) is 6.07. The van der Waals surface area contributed by atoms with Gasteiger partial charge in [-0.2, -0.15) is 0 Å². The molecule has 18 heavy (non-hydrogen) atoms. The molecule has 2 rings (SSSR count). The third-order valence-electron chi connectivity index (χ3n) is 2.72. The predicted molar refractivity (Wildman–Crippen MR) is 77.9 cm³/mol. The Bertz CT molecular complexity index is 494. The lowest BCUT2D eigenvalue weighted by molar-refractivity contribution is 0.528. The molecule has 0 spiro atoms. The van der Waals surface area contributed by atoms with E-state index >= 15 is 0 Å². The van der Waals surface area contributed by atoms with Crippen molar-refractivity contribution in [3.63, 3.8) is 0 Å². The van der Waals surface area contributed by atoms with Gasteiger partial charge < -0.3 is 5.32 Å². The fraction of sp³-hybridized carbons (Fsp3) is 0.500. The van der Waals surface area contributed by atoms with Crippen LogP contribution in [0.15, 0.2) is 22.1 Å². The molecule has 0 bridgehead atoms. The summed E-state index contributed by atoms with van der Waals surface area (Å²) in [5, 5.41) is 11.7. The molecule has 2 aromatic heterocycles. The van der Waals surface area contributed by atoms with Gasteiger partial charge in [-0.25, -0.2) is 4.68 Å². The highest BCUT2D eigenvalue weighted by Gasteiger charge is 2.19. The Morgan fingerprint density at radius 3 is 2.89 bits per heavy atom. The summed E-state index contributed by atoms with van der Waals surface area (Å²) in [6.07, 6.45) is 2.96. The number of aryl methyl sites for hydroxylation is 1. The Morgan fingerprint density at radius 1 is 1.44 bits per heavy atom. The van der Waals surface area contributed by atoms with Crippen LogP contribution in [0.4, 0.5) is 0 Å². The van der Waals surface area contributed by atoms with Gasteiger partial charge in [0.25, 0.3) is 0 Å². The molecule has 2 aromatic rings. The van der Waals surface area contributed by atoms with Crippen LogP contribution in [0.25, 0.3) is 0 Å². The number of nitrogens with zero attached hydrogens (tertiary/aromatic N) is 3. The van der Waals surface area contributed by atoms with Crippen molar-refractivity contribution >= 4 is 27.3 Å². The van der Waals surface area contributed by atoms with Gasteiger partial charge in [-0.15, -0.1) is 16.4 Å². The number of aromatic nitrogens is 3. The maximum absolute atomic E-state index is 4.12. The van der Waals surface area contributed by atoms with Gasteiger partial charge in [-0.1, -0.05) is 12.1 Å². The average Bonchev–Trinajstić information content (AvgIpc) is 2.99. The van der Waals surface area contributed by atoms with E-state index in [2.05, 4.69) is 57.5 Å². The molecule has 1 N–H and O–H groups in total. The lowest BCUT2D eigenvalue weighted by atomic mass is 10.1. The molecule has 0 saturated heterocycles. The van der Waals surface area contributed by atoms with Crippen molar-refractivity contribution in [2.45, 2.75) is 32.9 Å². The SMILES string of the molecule is CCCNC(c1ccc(Br)s1)c1cnnn1CC. The standard InChI is InChI=1S/C12H17BrN4S/c1-3-7-14-12(10-5-6-11(13)18-10)9-8-15-16-17(9)4-2/h5-6,8,12,14H,3-4,7H2,1-2H3. The van der Waals surface area contributed by atoms with Crippen molar-refractivity contribution in [1.82, 2.24) is 20.3 Å². The van der Waals surface area contributed by atoms with Crippen molar-refractivity contribution in [3.05, 3.63) is 32.7 Å². The van der Waals surface area contributed by atoms with Gasteiger partial charge in [0.15, 0.2) is 0 Å². The monoisotopic (exact) mass is 328 g/mol. The van der Waals surface area contributed by atoms with Gasteiger partial charge >= 0.3 is 0 Å². The molecule has 6 heteroatoms. The predicted octanol–water partition coefficient (Wildman–Crippen LogP) is 3.21. The molecule has 0 amide bonds. The van der Waals surface area contributed by atoms with E-state index in [9.17, 15) is 0 Å². The van der Waals surface area contributed by atoms with Crippen molar-refractivity contribution in [2.75, 3.05) is 6.54 Å². The second-order valence-corrected chi connectivity index (χ2v) is 6.50. The lowest BCUT2D eigenvalue weighted by Crippen LogP contribution is -2.25. The van der Waals surface area contributed by atoms with E-state index in [4.69, 9.17) is 0 Å². The van der Waals surface area contributed by atoms with Crippen LogP contribution in [0.3, 0.4) is 0 Å². The van der Waals surface area contributed by atoms with Crippen LogP contribution >= 0.6 is 27.3 Å². The van der Waals surface area contributed by atoms with Crippen molar-refractivity contribution in [3.8, 4) is 0 Å². The largest absolute Gasteiger partial charge is 0.304 e. The highest BCUT2D eigenvalue weighted by molar-refractivity contribution is 9.11. The van der Waals surface area contributed by atoms with Crippen LogP contribution in [0.5, 0.6) is 0 Å². The maximum Gasteiger partial charge on any atom is 0.0858 e. The van der Waals surface area contributed by atoms with E-state index in [1.165, 1.54) is 4.88 Å². The lowest BCUT2D eigenvalue weighted by Gasteiger charge is -2.17. The Kier molecular flexibility index (Phi) is 4.91.